The average Bonchev–Trinajstić information content (AvgIpc) is 2.03. The zero-order valence-corrected chi connectivity index (χ0v) is 6.69. The Balaban J connectivity index is 3.18. The van der Waals surface area contributed by atoms with Gasteiger partial charge in [0.15, 0.2) is 0 Å². The summed E-state index contributed by atoms with van der Waals surface area (Å²) in [6.07, 6.45) is 0. The Bertz CT molecular complexity index is 277. The fourth-order valence-corrected chi connectivity index (χ4v) is 1.01. The Labute approximate surface area is 70.7 Å². The summed E-state index contributed by atoms with van der Waals surface area (Å²) in [4.78, 5) is 0. The Hall–Kier alpha value is -1.20. The predicted octanol–water partition coefficient (Wildman–Crippen LogP) is -1.04. The van der Waals surface area contributed by atoms with Gasteiger partial charge in [-0.1, -0.05) is 12.1 Å². The van der Waals surface area contributed by atoms with E-state index < -0.39 is 7.12 Å². The van der Waals surface area contributed by atoms with Crippen LogP contribution in [0, 0.1) is 0 Å². The molecule has 0 bridgehead atoms. The van der Waals surface area contributed by atoms with Gasteiger partial charge in [0.1, 0.15) is 5.75 Å². The van der Waals surface area contributed by atoms with Crippen molar-refractivity contribution in [2.75, 3.05) is 12.8 Å². The van der Waals surface area contributed by atoms with Gasteiger partial charge in [0.25, 0.3) is 0 Å². The molecule has 4 nitrogen and oxygen atoms in total. The van der Waals surface area contributed by atoms with Crippen LogP contribution < -0.4 is 15.9 Å². The number of rotatable bonds is 2. The standard InChI is InChI=1S/C7H10BNO3/c1-12-7-5(8(10)11)3-2-4-6(7)9/h2-4,10-11H,9H2,1H3. The number of methoxy groups -OCH3 is 1. The lowest BCUT2D eigenvalue weighted by molar-refractivity contribution is 0.404. The molecule has 0 radical (unpaired) electrons. The fraction of sp³-hybridized carbons (Fsp3) is 0.143. The van der Waals surface area contributed by atoms with Gasteiger partial charge in [-0.3, -0.25) is 0 Å². The highest BCUT2D eigenvalue weighted by molar-refractivity contribution is 6.60. The van der Waals surface area contributed by atoms with Gasteiger partial charge >= 0.3 is 7.12 Å². The van der Waals surface area contributed by atoms with Gasteiger partial charge < -0.3 is 20.5 Å². The van der Waals surface area contributed by atoms with Crippen molar-refractivity contribution >= 4 is 18.3 Å². The van der Waals surface area contributed by atoms with Crippen LogP contribution in [0.15, 0.2) is 18.2 Å². The summed E-state index contributed by atoms with van der Waals surface area (Å²) in [5.41, 5.74) is 6.19. The summed E-state index contributed by atoms with van der Waals surface area (Å²) in [7, 11) is -0.124. The van der Waals surface area contributed by atoms with E-state index in [1.165, 1.54) is 7.11 Å². The maximum absolute atomic E-state index is 8.88. The molecule has 0 aliphatic rings. The molecule has 0 heterocycles. The number of para-hydroxylation sites is 1. The largest absolute Gasteiger partial charge is 0.495 e. The third-order valence-corrected chi connectivity index (χ3v) is 1.56. The average molecular weight is 167 g/mol. The fourth-order valence-electron chi connectivity index (χ4n) is 1.01. The van der Waals surface area contributed by atoms with Crippen LogP contribution in [0.25, 0.3) is 0 Å². The molecule has 0 amide bonds. The highest BCUT2D eigenvalue weighted by Crippen LogP contribution is 2.16. The molecule has 12 heavy (non-hydrogen) atoms. The van der Waals surface area contributed by atoms with E-state index in [4.69, 9.17) is 20.5 Å². The van der Waals surface area contributed by atoms with Crippen molar-refractivity contribution < 1.29 is 14.8 Å². The minimum Gasteiger partial charge on any atom is -0.495 e. The number of benzene rings is 1. The number of hydrogen-bond acceptors (Lipinski definition) is 4. The lowest BCUT2D eigenvalue weighted by atomic mass is 9.79. The molecule has 0 aliphatic heterocycles. The SMILES string of the molecule is COc1c(N)cccc1B(O)O. The quantitative estimate of drug-likeness (QED) is 0.388. The highest BCUT2D eigenvalue weighted by atomic mass is 16.5. The van der Waals surface area contributed by atoms with E-state index in [2.05, 4.69) is 0 Å². The van der Waals surface area contributed by atoms with Crippen LogP contribution in [-0.4, -0.2) is 24.3 Å². The number of nitrogen functional groups attached to an aromatic ring is 1. The molecular formula is C7H10BNO3. The molecule has 5 heteroatoms. The van der Waals surface area contributed by atoms with Gasteiger partial charge in [0.05, 0.1) is 12.8 Å². The van der Waals surface area contributed by atoms with Crippen molar-refractivity contribution in [3.05, 3.63) is 18.2 Å². The second-order valence-corrected chi connectivity index (χ2v) is 2.34. The van der Waals surface area contributed by atoms with E-state index in [9.17, 15) is 0 Å². The van der Waals surface area contributed by atoms with Crippen LogP contribution in [0.4, 0.5) is 5.69 Å². The Morgan fingerprint density at radius 2 is 2.08 bits per heavy atom. The van der Waals surface area contributed by atoms with Gasteiger partial charge in [-0.15, -0.1) is 0 Å². The Morgan fingerprint density at radius 1 is 1.42 bits per heavy atom. The molecule has 1 aromatic rings. The van der Waals surface area contributed by atoms with Gasteiger partial charge in [-0.2, -0.15) is 0 Å². The van der Waals surface area contributed by atoms with E-state index in [-0.39, 0.29) is 5.46 Å². The first-order valence-electron chi connectivity index (χ1n) is 3.45. The van der Waals surface area contributed by atoms with Crippen molar-refractivity contribution in [1.82, 2.24) is 0 Å². The van der Waals surface area contributed by atoms with Crippen LogP contribution in [-0.2, 0) is 0 Å². The topological polar surface area (TPSA) is 75.7 Å². The molecule has 1 rings (SSSR count). The van der Waals surface area contributed by atoms with E-state index >= 15 is 0 Å². The molecule has 0 aromatic heterocycles. The number of hydrogen-bond donors (Lipinski definition) is 3. The second-order valence-electron chi connectivity index (χ2n) is 2.34. The number of nitrogens with two attached hydrogens (primary N) is 1. The number of ether oxygens (including phenoxy) is 1. The van der Waals surface area contributed by atoms with Crippen LogP contribution in [0.5, 0.6) is 5.75 Å². The van der Waals surface area contributed by atoms with Gasteiger partial charge in [-0.05, 0) is 6.07 Å². The maximum atomic E-state index is 8.88. The summed E-state index contributed by atoms with van der Waals surface area (Å²) in [5.74, 6) is 0.313. The van der Waals surface area contributed by atoms with Crippen LogP contribution in [0.1, 0.15) is 0 Å². The van der Waals surface area contributed by atoms with Crippen molar-refractivity contribution in [2.24, 2.45) is 0 Å². The van der Waals surface area contributed by atoms with Crippen LogP contribution >= 0.6 is 0 Å². The van der Waals surface area contributed by atoms with E-state index in [0.717, 1.165) is 0 Å². The monoisotopic (exact) mass is 167 g/mol. The summed E-state index contributed by atoms with van der Waals surface area (Å²) in [6, 6.07) is 4.80. The molecule has 0 unspecified atom stereocenters. The van der Waals surface area contributed by atoms with Crippen LogP contribution in [0.2, 0.25) is 0 Å². The van der Waals surface area contributed by atoms with Crippen LogP contribution in [0.3, 0.4) is 0 Å². The highest BCUT2D eigenvalue weighted by Gasteiger charge is 2.17. The molecule has 0 spiro atoms. The molecular weight excluding hydrogens is 157 g/mol. The Kier molecular flexibility index (Phi) is 2.57. The molecule has 0 atom stereocenters. The molecule has 1 aromatic carbocycles. The van der Waals surface area contributed by atoms with E-state index in [1.807, 2.05) is 0 Å². The first kappa shape index (κ1) is 8.90. The third kappa shape index (κ3) is 1.52. The van der Waals surface area contributed by atoms with Gasteiger partial charge in [0.2, 0.25) is 0 Å². The molecule has 0 aliphatic carbocycles. The first-order valence-corrected chi connectivity index (χ1v) is 3.45. The molecule has 0 saturated heterocycles. The molecule has 0 fully saturated rings. The van der Waals surface area contributed by atoms with Crippen molar-refractivity contribution in [1.29, 1.82) is 0 Å². The smallest absolute Gasteiger partial charge is 0.492 e. The van der Waals surface area contributed by atoms with Crippen molar-refractivity contribution in [3.63, 3.8) is 0 Å². The van der Waals surface area contributed by atoms with Crippen molar-refractivity contribution in [3.8, 4) is 5.75 Å². The van der Waals surface area contributed by atoms with E-state index in [1.54, 1.807) is 18.2 Å². The first-order chi connectivity index (χ1) is 5.66. The lowest BCUT2D eigenvalue weighted by Gasteiger charge is -2.09. The minimum atomic E-state index is -1.55. The molecule has 0 saturated carbocycles. The molecule has 4 N–H and O–H groups in total. The zero-order chi connectivity index (χ0) is 9.14. The number of anilines is 1. The molecule has 64 valence electrons. The Morgan fingerprint density at radius 3 is 2.50 bits per heavy atom. The lowest BCUT2D eigenvalue weighted by Crippen LogP contribution is -2.31. The summed E-state index contributed by atoms with van der Waals surface area (Å²) in [6.45, 7) is 0. The summed E-state index contributed by atoms with van der Waals surface area (Å²) < 4.78 is 4.89. The van der Waals surface area contributed by atoms with Crippen molar-refractivity contribution in [2.45, 2.75) is 0 Å². The third-order valence-electron chi connectivity index (χ3n) is 1.56. The maximum Gasteiger partial charge on any atom is 0.492 e. The van der Waals surface area contributed by atoms with Gasteiger partial charge in [-0.25, -0.2) is 0 Å². The minimum absolute atomic E-state index is 0.275. The summed E-state index contributed by atoms with van der Waals surface area (Å²) >= 11 is 0. The second kappa shape index (κ2) is 3.47. The normalized spacial score (nSPS) is 9.58. The predicted molar refractivity (Wildman–Crippen MR) is 47.2 cm³/mol. The van der Waals surface area contributed by atoms with Gasteiger partial charge in [0, 0.05) is 5.46 Å². The summed E-state index contributed by atoms with van der Waals surface area (Å²) in [5, 5.41) is 17.8. The van der Waals surface area contributed by atoms with E-state index in [0.29, 0.717) is 11.4 Å². The zero-order valence-electron chi connectivity index (χ0n) is 6.69.